The zero-order valence-electron chi connectivity index (χ0n) is 14.8. The van der Waals surface area contributed by atoms with E-state index in [1.165, 1.54) is 6.92 Å². The van der Waals surface area contributed by atoms with Crippen LogP contribution >= 0.6 is 0 Å². The first-order chi connectivity index (χ1) is 11.9. The van der Waals surface area contributed by atoms with E-state index in [4.69, 9.17) is 5.73 Å². The lowest BCUT2D eigenvalue weighted by Crippen LogP contribution is -2.13. The highest BCUT2D eigenvalue weighted by Crippen LogP contribution is 2.20. The molecule has 2 heterocycles. The van der Waals surface area contributed by atoms with Gasteiger partial charge in [-0.05, 0) is 36.8 Å². The third-order valence-electron chi connectivity index (χ3n) is 3.61. The molecule has 0 aliphatic heterocycles. The third kappa shape index (κ3) is 4.03. The van der Waals surface area contributed by atoms with Gasteiger partial charge in [0.2, 0.25) is 0 Å². The number of H-pyrrole nitrogens is 1. The molecule has 4 N–H and O–H groups in total. The highest BCUT2D eigenvalue weighted by molar-refractivity contribution is 6.06. The molecule has 0 bridgehead atoms. The van der Waals surface area contributed by atoms with Crippen LogP contribution in [0.2, 0.25) is 0 Å². The number of carbonyl (C=O) groups excluding carboxylic acids is 2. The molecule has 0 unspecified atom stereocenters. The van der Waals surface area contributed by atoms with Gasteiger partial charge in [-0.25, -0.2) is 4.98 Å². The summed E-state index contributed by atoms with van der Waals surface area (Å²) < 4.78 is 0. The summed E-state index contributed by atoms with van der Waals surface area (Å²) in [6.45, 7) is 7.33. The van der Waals surface area contributed by atoms with Gasteiger partial charge in [-0.1, -0.05) is 19.9 Å². The monoisotopic (exact) mass is 338 g/mol. The van der Waals surface area contributed by atoms with Crippen molar-refractivity contribution in [1.29, 1.82) is 0 Å². The number of hydrogen-bond donors (Lipinski definition) is 3. The van der Waals surface area contributed by atoms with Crippen molar-refractivity contribution in [2.24, 2.45) is 0 Å². The minimum Gasteiger partial charge on any atom is -0.399 e. The molecule has 3 aromatic rings. The number of hydrogen-bond acceptors (Lipinski definition) is 4. The van der Waals surface area contributed by atoms with Gasteiger partial charge in [-0.3, -0.25) is 9.59 Å². The van der Waals surface area contributed by atoms with Crippen LogP contribution in [0.4, 0.5) is 11.4 Å². The standard InChI is InChI=1S/C17H16N4O2.C2H6/c1-9-3-4-12(18)7-14(9)17(23)20-13-5-11-6-15(10(2)22)21-16(11)19-8-13;1-2/h3-8H,18H2,1-2H3,(H,19,21)(H,20,23);1-2H3. The van der Waals surface area contributed by atoms with Crippen molar-refractivity contribution in [2.45, 2.75) is 27.7 Å². The maximum Gasteiger partial charge on any atom is 0.256 e. The van der Waals surface area contributed by atoms with Gasteiger partial charge in [-0.2, -0.15) is 0 Å². The zero-order chi connectivity index (χ0) is 18.6. The number of ketones is 1. The Morgan fingerprint density at radius 3 is 2.56 bits per heavy atom. The number of pyridine rings is 1. The summed E-state index contributed by atoms with van der Waals surface area (Å²) in [5, 5.41) is 3.56. The van der Waals surface area contributed by atoms with Gasteiger partial charge >= 0.3 is 0 Å². The van der Waals surface area contributed by atoms with Crippen LogP contribution in [0.25, 0.3) is 11.0 Å². The minimum absolute atomic E-state index is 0.0658. The second kappa shape index (κ2) is 7.61. The molecule has 25 heavy (non-hydrogen) atoms. The molecule has 0 radical (unpaired) electrons. The van der Waals surface area contributed by atoms with Crippen LogP contribution in [0, 0.1) is 6.92 Å². The Bertz CT molecular complexity index is 928. The number of Topliss-reactive ketones (excluding diaryl/α,β-unsaturated/α-hetero) is 1. The number of carbonyl (C=O) groups is 2. The number of nitrogen functional groups attached to an aromatic ring is 1. The summed E-state index contributed by atoms with van der Waals surface area (Å²) in [5.41, 5.74) is 9.27. The third-order valence-corrected chi connectivity index (χ3v) is 3.61. The van der Waals surface area contributed by atoms with E-state index in [0.717, 1.165) is 10.9 Å². The van der Waals surface area contributed by atoms with Crippen molar-refractivity contribution < 1.29 is 9.59 Å². The van der Waals surface area contributed by atoms with Crippen molar-refractivity contribution in [3.05, 3.63) is 53.3 Å². The van der Waals surface area contributed by atoms with Crippen LogP contribution in [-0.4, -0.2) is 21.7 Å². The largest absolute Gasteiger partial charge is 0.399 e. The lowest BCUT2D eigenvalue weighted by Gasteiger charge is -2.08. The van der Waals surface area contributed by atoms with Crippen LogP contribution in [0.3, 0.4) is 0 Å². The Kier molecular flexibility index (Phi) is 5.54. The number of fused-ring (bicyclic) bond motifs is 1. The zero-order valence-corrected chi connectivity index (χ0v) is 14.8. The summed E-state index contributed by atoms with van der Waals surface area (Å²) in [4.78, 5) is 30.9. The van der Waals surface area contributed by atoms with Gasteiger partial charge < -0.3 is 16.0 Å². The predicted molar refractivity (Wildman–Crippen MR) is 101 cm³/mol. The van der Waals surface area contributed by atoms with E-state index in [2.05, 4.69) is 15.3 Å². The highest BCUT2D eigenvalue weighted by atomic mass is 16.1. The maximum absolute atomic E-state index is 12.4. The van der Waals surface area contributed by atoms with Crippen LogP contribution in [0.5, 0.6) is 0 Å². The lowest BCUT2D eigenvalue weighted by atomic mass is 10.1. The van der Waals surface area contributed by atoms with Crippen LogP contribution < -0.4 is 11.1 Å². The predicted octanol–water partition coefficient (Wildman–Crippen LogP) is 3.93. The topological polar surface area (TPSA) is 101 Å². The van der Waals surface area contributed by atoms with Crippen molar-refractivity contribution in [3.8, 4) is 0 Å². The van der Waals surface area contributed by atoms with Crippen LogP contribution in [-0.2, 0) is 0 Å². The van der Waals surface area contributed by atoms with E-state index < -0.39 is 0 Å². The number of nitrogens with one attached hydrogen (secondary N) is 2. The number of amides is 1. The Hall–Kier alpha value is -3.15. The summed E-state index contributed by atoms with van der Waals surface area (Å²) in [7, 11) is 0. The van der Waals surface area contributed by atoms with Crippen molar-refractivity contribution in [2.75, 3.05) is 11.1 Å². The normalized spacial score (nSPS) is 10.1. The second-order valence-electron chi connectivity index (χ2n) is 5.43. The second-order valence-corrected chi connectivity index (χ2v) is 5.43. The molecular formula is C19H22N4O2. The molecular weight excluding hydrogens is 316 g/mol. The molecule has 0 spiro atoms. The highest BCUT2D eigenvalue weighted by Gasteiger charge is 2.11. The number of nitrogens with two attached hydrogens (primary N) is 1. The van der Waals surface area contributed by atoms with Crippen molar-refractivity contribution in [3.63, 3.8) is 0 Å². The van der Waals surface area contributed by atoms with Gasteiger partial charge in [0.05, 0.1) is 17.6 Å². The fraction of sp³-hybridized carbons (Fsp3) is 0.211. The van der Waals surface area contributed by atoms with Crippen LogP contribution in [0.15, 0.2) is 36.5 Å². The van der Waals surface area contributed by atoms with E-state index >= 15 is 0 Å². The van der Waals surface area contributed by atoms with Gasteiger partial charge in [0.15, 0.2) is 5.78 Å². The quantitative estimate of drug-likeness (QED) is 0.497. The Morgan fingerprint density at radius 1 is 1.16 bits per heavy atom. The SMILES string of the molecule is CC.CC(=O)c1cc2cc(NC(=O)c3cc(N)ccc3C)cnc2[nH]1. The first kappa shape index (κ1) is 18.2. The van der Waals surface area contributed by atoms with Crippen molar-refractivity contribution >= 4 is 34.1 Å². The molecule has 130 valence electrons. The van der Waals surface area contributed by atoms with Crippen LogP contribution in [0.1, 0.15) is 47.2 Å². The average molecular weight is 338 g/mol. The molecule has 1 amide bonds. The molecule has 0 atom stereocenters. The summed E-state index contributed by atoms with van der Waals surface area (Å²) in [6, 6.07) is 8.68. The smallest absolute Gasteiger partial charge is 0.256 e. The molecule has 0 saturated carbocycles. The molecule has 1 aromatic carbocycles. The number of rotatable bonds is 3. The Morgan fingerprint density at radius 2 is 1.88 bits per heavy atom. The van der Waals surface area contributed by atoms with Gasteiger partial charge in [0.1, 0.15) is 5.65 Å². The fourth-order valence-corrected chi connectivity index (χ4v) is 2.36. The van der Waals surface area contributed by atoms with Crippen molar-refractivity contribution in [1.82, 2.24) is 9.97 Å². The number of anilines is 2. The molecule has 0 aliphatic carbocycles. The fourth-order valence-electron chi connectivity index (χ4n) is 2.36. The molecule has 6 nitrogen and oxygen atoms in total. The van der Waals surface area contributed by atoms with E-state index in [1.807, 2.05) is 20.8 Å². The first-order valence-corrected chi connectivity index (χ1v) is 8.11. The number of aromatic nitrogens is 2. The average Bonchev–Trinajstić information content (AvgIpc) is 3.02. The number of nitrogens with zero attached hydrogens (tertiary/aromatic N) is 1. The molecule has 0 fully saturated rings. The Balaban J connectivity index is 0.00000109. The van der Waals surface area contributed by atoms with Gasteiger partial charge in [-0.15, -0.1) is 0 Å². The molecule has 0 aliphatic rings. The number of aryl methyl sites for hydroxylation is 1. The van der Waals surface area contributed by atoms with E-state index in [9.17, 15) is 9.59 Å². The molecule has 6 heteroatoms. The first-order valence-electron chi connectivity index (χ1n) is 8.11. The maximum atomic E-state index is 12.4. The van der Waals surface area contributed by atoms with Gasteiger partial charge in [0.25, 0.3) is 5.91 Å². The van der Waals surface area contributed by atoms with E-state index in [-0.39, 0.29) is 11.7 Å². The molecule has 3 rings (SSSR count). The van der Waals surface area contributed by atoms with Gasteiger partial charge in [0, 0.05) is 23.6 Å². The van der Waals surface area contributed by atoms with E-state index in [0.29, 0.717) is 28.3 Å². The minimum atomic E-state index is -0.252. The summed E-state index contributed by atoms with van der Waals surface area (Å²) >= 11 is 0. The molecule has 2 aromatic heterocycles. The number of aromatic amines is 1. The molecule has 0 saturated heterocycles. The lowest BCUT2D eigenvalue weighted by molar-refractivity contribution is 0.101. The summed E-state index contributed by atoms with van der Waals surface area (Å²) in [6.07, 6.45) is 1.54. The Labute approximate surface area is 146 Å². The van der Waals surface area contributed by atoms with E-state index in [1.54, 1.807) is 36.5 Å². The number of benzene rings is 1. The summed E-state index contributed by atoms with van der Waals surface area (Å²) in [5.74, 6) is -0.317.